The van der Waals surface area contributed by atoms with Gasteiger partial charge in [0.1, 0.15) is 0 Å². The summed E-state index contributed by atoms with van der Waals surface area (Å²) in [7, 11) is 1.58. The Morgan fingerprint density at radius 3 is 2.46 bits per heavy atom. The minimum absolute atomic E-state index is 0.0281. The van der Waals surface area contributed by atoms with Crippen LogP contribution in [0.25, 0.3) is 4.96 Å². The van der Waals surface area contributed by atoms with Crippen molar-refractivity contribution < 1.29 is 22.0 Å². The first kappa shape index (κ1) is 20.1. The van der Waals surface area contributed by atoms with E-state index in [1.165, 1.54) is 15.7 Å². The summed E-state index contributed by atoms with van der Waals surface area (Å²) < 4.78 is 67.7. The number of alkyl halides is 3. The molecule has 0 radical (unpaired) electrons. The van der Waals surface area contributed by atoms with Crippen molar-refractivity contribution >= 4 is 22.0 Å². The van der Waals surface area contributed by atoms with Gasteiger partial charge in [-0.25, -0.2) is 18.2 Å². The van der Waals surface area contributed by atoms with E-state index in [2.05, 4.69) is 9.98 Å². The van der Waals surface area contributed by atoms with Gasteiger partial charge >= 0.3 is 6.18 Å². The highest BCUT2D eigenvalue weighted by molar-refractivity contribution is 7.17. The largest absolute Gasteiger partial charge is 0.416 e. The van der Waals surface area contributed by atoms with Crippen molar-refractivity contribution in [1.82, 2.24) is 9.38 Å². The number of hydrogen-bond acceptors (Lipinski definition) is 4. The zero-order valence-corrected chi connectivity index (χ0v) is 15.8. The third kappa shape index (κ3) is 3.56. The smallest absolute Gasteiger partial charge is 0.291 e. The summed E-state index contributed by atoms with van der Waals surface area (Å²) in [5, 5.41) is 0. The minimum Gasteiger partial charge on any atom is -0.291 e. The second-order valence-corrected chi connectivity index (χ2v) is 7.30. The number of nitrogens with zero attached hydrogens (tertiary/aromatic N) is 3. The van der Waals surface area contributed by atoms with Crippen LogP contribution in [0.5, 0.6) is 0 Å². The lowest BCUT2D eigenvalue weighted by Crippen LogP contribution is -2.19. The van der Waals surface area contributed by atoms with Gasteiger partial charge in [-0.15, -0.1) is 11.3 Å². The SMILES string of the molecule is CN=C(C)c1c(C)sc2nc(Cc3cc(F)c(F)cc3C(F)(F)F)cc(=O)n12. The molecule has 0 aliphatic carbocycles. The Kier molecular flexibility index (Phi) is 5.09. The zero-order valence-electron chi connectivity index (χ0n) is 15.0. The van der Waals surface area contributed by atoms with Crippen LogP contribution in [0.4, 0.5) is 22.0 Å². The Balaban J connectivity index is 2.15. The maximum Gasteiger partial charge on any atom is 0.416 e. The van der Waals surface area contributed by atoms with Crippen LogP contribution in [-0.4, -0.2) is 22.1 Å². The van der Waals surface area contributed by atoms with Crippen LogP contribution < -0.4 is 5.56 Å². The molecule has 10 heteroatoms. The predicted molar refractivity (Wildman–Crippen MR) is 96.4 cm³/mol. The van der Waals surface area contributed by atoms with Crippen molar-refractivity contribution in [1.29, 1.82) is 0 Å². The number of aromatic nitrogens is 2. The quantitative estimate of drug-likeness (QED) is 0.471. The number of hydrogen-bond donors (Lipinski definition) is 0. The molecule has 0 bridgehead atoms. The van der Waals surface area contributed by atoms with Crippen LogP contribution in [0.2, 0.25) is 0 Å². The van der Waals surface area contributed by atoms with Gasteiger partial charge in [0.15, 0.2) is 16.6 Å². The third-order valence-electron chi connectivity index (χ3n) is 4.24. The van der Waals surface area contributed by atoms with Gasteiger partial charge in [0.05, 0.1) is 22.7 Å². The fourth-order valence-corrected chi connectivity index (χ4v) is 3.97. The van der Waals surface area contributed by atoms with Gasteiger partial charge in [-0.2, -0.15) is 13.2 Å². The Bertz CT molecular complexity index is 1160. The Morgan fingerprint density at radius 2 is 1.86 bits per heavy atom. The molecule has 0 fully saturated rings. The highest BCUT2D eigenvalue weighted by Gasteiger charge is 2.34. The first-order chi connectivity index (χ1) is 13.0. The first-order valence-electron chi connectivity index (χ1n) is 8.04. The van der Waals surface area contributed by atoms with Gasteiger partial charge in [0, 0.05) is 24.4 Å². The number of halogens is 5. The van der Waals surface area contributed by atoms with Crippen LogP contribution >= 0.6 is 11.3 Å². The summed E-state index contributed by atoms with van der Waals surface area (Å²) in [4.78, 5) is 21.9. The normalized spacial score (nSPS) is 12.8. The molecule has 3 aromatic rings. The molecule has 4 nitrogen and oxygen atoms in total. The molecule has 0 aliphatic rings. The molecule has 2 aromatic heterocycles. The molecular weight excluding hydrogens is 401 g/mol. The van der Waals surface area contributed by atoms with Gasteiger partial charge < -0.3 is 0 Å². The topological polar surface area (TPSA) is 46.7 Å². The maximum absolute atomic E-state index is 13.5. The summed E-state index contributed by atoms with van der Waals surface area (Å²) in [6.45, 7) is 3.51. The summed E-state index contributed by atoms with van der Waals surface area (Å²) in [5.41, 5.74) is -1.07. The van der Waals surface area contributed by atoms with Crippen molar-refractivity contribution in [3.05, 3.63) is 67.6 Å². The van der Waals surface area contributed by atoms with E-state index in [9.17, 15) is 26.7 Å². The Morgan fingerprint density at radius 1 is 1.21 bits per heavy atom. The van der Waals surface area contributed by atoms with E-state index in [1.807, 2.05) is 0 Å². The van der Waals surface area contributed by atoms with Gasteiger partial charge in [-0.3, -0.25) is 9.79 Å². The molecule has 2 heterocycles. The fraction of sp³-hybridized carbons (Fsp3) is 0.278. The highest BCUT2D eigenvalue weighted by Crippen LogP contribution is 2.34. The lowest BCUT2D eigenvalue weighted by Gasteiger charge is -2.13. The van der Waals surface area contributed by atoms with Gasteiger partial charge in [0.2, 0.25) is 0 Å². The first-order valence-corrected chi connectivity index (χ1v) is 8.85. The summed E-state index contributed by atoms with van der Waals surface area (Å²) >= 11 is 1.19. The number of thiazole rings is 1. The number of aryl methyl sites for hydroxylation is 1. The minimum atomic E-state index is -4.87. The van der Waals surface area contributed by atoms with Crippen molar-refractivity contribution in [2.24, 2.45) is 4.99 Å². The molecular formula is C18H14F5N3OS. The predicted octanol–water partition coefficient (Wildman–Crippen LogP) is 4.39. The molecule has 0 unspecified atom stereocenters. The van der Waals surface area contributed by atoms with E-state index in [-0.39, 0.29) is 16.7 Å². The van der Waals surface area contributed by atoms with Gasteiger partial charge in [0.25, 0.3) is 5.56 Å². The Labute approximate surface area is 160 Å². The number of benzene rings is 1. The number of rotatable bonds is 3. The summed E-state index contributed by atoms with van der Waals surface area (Å²) in [6, 6.07) is 1.69. The molecule has 0 saturated heterocycles. The lowest BCUT2D eigenvalue weighted by molar-refractivity contribution is -0.138. The van der Waals surface area contributed by atoms with E-state index in [4.69, 9.17) is 0 Å². The van der Waals surface area contributed by atoms with Crippen molar-refractivity contribution in [2.75, 3.05) is 7.05 Å². The molecule has 28 heavy (non-hydrogen) atoms. The average molecular weight is 415 g/mol. The van der Waals surface area contributed by atoms with Crippen LogP contribution in [0.15, 0.2) is 28.0 Å². The van der Waals surface area contributed by atoms with E-state index in [1.54, 1.807) is 20.9 Å². The second kappa shape index (κ2) is 7.08. The van der Waals surface area contributed by atoms with E-state index >= 15 is 0 Å². The molecule has 0 N–H and O–H groups in total. The van der Waals surface area contributed by atoms with Gasteiger partial charge in [-0.05, 0) is 31.5 Å². The fourth-order valence-electron chi connectivity index (χ4n) is 2.93. The third-order valence-corrected chi connectivity index (χ3v) is 5.20. The average Bonchev–Trinajstić information content (AvgIpc) is 2.92. The van der Waals surface area contributed by atoms with E-state index < -0.39 is 40.9 Å². The molecule has 0 saturated carbocycles. The Hall–Kier alpha value is -2.62. The molecule has 0 aliphatic heterocycles. The zero-order chi connectivity index (χ0) is 20.8. The lowest BCUT2D eigenvalue weighted by atomic mass is 10.0. The number of fused-ring (bicyclic) bond motifs is 1. The van der Waals surface area contributed by atoms with Crippen molar-refractivity contribution in [3.8, 4) is 0 Å². The van der Waals surface area contributed by atoms with Crippen LogP contribution in [0.3, 0.4) is 0 Å². The van der Waals surface area contributed by atoms with Crippen LogP contribution in [0.1, 0.15) is 34.3 Å². The summed E-state index contributed by atoms with van der Waals surface area (Å²) in [5.74, 6) is -2.99. The molecule has 0 amide bonds. The number of aliphatic imine (C=N–C) groups is 1. The molecule has 3 rings (SSSR count). The molecule has 148 valence electrons. The second-order valence-electron chi connectivity index (χ2n) is 6.12. The maximum atomic E-state index is 13.5. The molecule has 0 spiro atoms. The van der Waals surface area contributed by atoms with Crippen molar-refractivity contribution in [2.45, 2.75) is 26.4 Å². The molecule has 0 atom stereocenters. The van der Waals surface area contributed by atoms with E-state index in [0.717, 1.165) is 10.9 Å². The highest BCUT2D eigenvalue weighted by atomic mass is 32.1. The van der Waals surface area contributed by atoms with Crippen LogP contribution in [0, 0.1) is 18.6 Å². The molecule has 1 aromatic carbocycles. The monoisotopic (exact) mass is 415 g/mol. The van der Waals surface area contributed by atoms with Crippen LogP contribution in [-0.2, 0) is 12.6 Å². The summed E-state index contributed by atoms with van der Waals surface area (Å²) in [6.07, 6.45) is -5.34. The van der Waals surface area contributed by atoms with Crippen molar-refractivity contribution in [3.63, 3.8) is 0 Å². The van der Waals surface area contributed by atoms with E-state index in [0.29, 0.717) is 17.5 Å². The standard InChI is InChI=1S/C18H14F5N3OS/c1-8(24-3)16-9(2)28-17-25-11(6-15(27)26(16)17)4-10-5-13(19)14(20)7-12(10)18(21,22)23/h5-7H,4H2,1-3H3. The van der Waals surface area contributed by atoms with Gasteiger partial charge in [-0.1, -0.05) is 0 Å².